The summed E-state index contributed by atoms with van der Waals surface area (Å²) in [4.78, 5) is 38.0. The summed E-state index contributed by atoms with van der Waals surface area (Å²) >= 11 is 6.12. The molecule has 1 atom stereocenters. The van der Waals surface area contributed by atoms with Gasteiger partial charge in [-0.3, -0.25) is 4.79 Å². The standard InChI is InChI=1S/C28H30ClN3O6/c1-17-7-5-6-8-22(17)30-28(36)31-23-11-9-19(13-25(23)37-4)14-26(33)32(3)18(2)16-38-24-12-10-20(27(34)35)15-21(24)29/h5-13,15,18H,14,16H2,1-4H3,(H,34,35)(H2,30,31,36). The molecule has 0 bridgehead atoms. The number of aryl methyl sites for hydroxylation is 1. The number of urea groups is 1. The predicted octanol–water partition coefficient (Wildman–Crippen LogP) is 5.47. The molecule has 1 unspecified atom stereocenters. The van der Waals surface area contributed by atoms with E-state index in [9.17, 15) is 14.4 Å². The van der Waals surface area contributed by atoms with Gasteiger partial charge in [0.25, 0.3) is 0 Å². The molecule has 0 radical (unpaired) electrons. The highest BCUT2D eigenvalue weighted by Crippen LogP contribution is 2.28. The number of halogens is 1. The molecule has 0 saturated heterocycles. The Labute approximate surface area is 226 Å². The van der Waals surface area contributed by atoms with Crippen LogP contribution in [0.1, 0.15) is 28.4 Å². The van der Waals surface area contributed by atoms with Gasteiger partial charge in [0, 0.05) is 12.7 Å². The highest BCUT2D eigenvalue weighted by molar-refractivity contribution is 6.32. The molecular weight excluding hydrogens is 510 g/mol. The quantitative estimate of drug-likeness (QED) is 0.314. The maximum atomic E-state index is 12.9. The Hall–Kier alpha value is -4.24. The van der Waals surface area contributed by atoms with Crippen molar-refractivity contribution in [1.82, 2.24) is 4.90 Å². The number of carboxylic acid groups (broad SMARTS) is 1. The maximum Gasteiger partial charge on any atom is 0.335 e. The van der Waals surface area contributed by atoms with Crippen LogP contribution in [0.4, 0.5) is 16.2 Å². The number of hydrogen-bond donors (Lipinski definition) is 3. The number of benzene rings is 3. The fourth-order valence-corrected chi connectivity index (χ4v) is 3.79. The first-order chi connectivity index (χ1) is 18.1. The summed E-state index contributed by atoms with van der Waals surface area (Å²) in [6.45, 7) is 3.90. The molecule has 3 rings (SSSR count). The third-order valence-electron chi connectivity index (χ3n) is 5.98. The van der Waals surface area contributed by atoms with Crippen molar-refractivity contribution in [3.8, 4) is 11.5 Å². The van der Waals surface area contributed by atoms with Crippen LogP contribution < -0.4 is 20.1 Å². The van der Waals surface area contributed by atoms with Gasteiger partial charge in [0.2, 0.25) is 5.91 Å². The molecule has 3 aromatic carbocycles. The zero-order valence-electron chi connectivity index (χ0n) is 21.6. The summed E-state index contributed by atoms with van der Waals surface area (Å²) in [5.74, 6) is -0.464. The van der Waals surface area contributed by atoms with Crippen LogP contribution in [0.5, 0.6) is 11.5 Å². The minimum absolute atomic E-state index is 0.0614. The molecule has 9 nitrogen and oxygen atoms in total. The van der Waals surface area contributed by atoms with Crippen LogP contribution in [0.3, 0.4) is 0 Å². The number of para-hydroxylation sites is 1. The zero-order chi connectivity index (χ0) is 27.8. The lowest BCUT2D eigenvalue weighted by Gasteiger charge is -2.25. The molecule has 3 aromatic rings. The van der Waals surface area contributed by atoms with E-state index in [4.69, 9.17) is 26.2 Å². The summed E-state index contributed by atoms with van der Waals surface area (Å²) in [5, 5.41) is 14.8. The molecule has 38 heavy (non-hydrogen) atoms. The molecule has 0 aromatic heterocycles. The molecule has 0 saturated carbocycles. The normalized spacial score (nSPS) is 11.3. The van der Waals surface area contributed by atoms with Crippen LogP contribution in [0, 0.1) is 6.92 Å². The second kappa shape index (κ2) is 12.8. The van der Waals surface area contributed by atoms with Crippen molar-refractivity contribution in [1.29, 1.82) is 0 Å². The number of ether oxygens (including phenoxy) is 2. The Kier molecular flexibility index (Phi) is 9.56. The van der Waals surface area contributed by atoms with Gasteiger partial charge < -0.3 is 30.1 Å². The lowest BCUT2D eigenvalue weighted by molar-refractivity contribution is -0.131. The van der Waals surface area contributed by atoms with Crippen molar-refractivity contribution in [2.24, 2.45) is 0 Å². The number of nitrogens with zero attached hydrogens (tertiary/aromatic N) is 1. The molecule has 0 aliphatic heterocycles. The molecule has 0 aliphatic rings. The number of carboxylic acids is 1. The van der Waals surface area contributed by atoms with Crippen LogP contribution in [0.25, 0.3) is 0 Å². The Morgan fingerprint density at radius 1 is 1.00 bits per heavy atom. The van der Waals surface area contributed by atoms with E-state index >= 15 is 0 Å². The molecule has 3 amide bonds. The van der Waals surface area contributed by atoms with E-state index in [1.165, 1.54) is 25.3 Å². The Morgan fingerprint density at radius 3 is 2.37 bits per heavy atom. The molecular formula is C28H30ClN3O6. The van der Waals surface area contributed by atoms with E-state index < -0.39 is 12.0 Å². The van der Waals surface area contributed by atoms with Crippen molar-refractivity contribution >= 4 is 40.9 Å². The predicted molar refractivity (Wildman–Crippen MR) is 147 cm³/mol. The van der Waals surface area contributed by atoms with Gasteiger partial charge in [-0.05, 0) is 61.4 Å². The van der Waals surface area contributed by atoms with Crippen molar-refractivity contribution < 1.29 is 29.0 Å². The molecule has 10 heteroatoms. The summed E-state index contributed by atoms with van der Waals surface area (Å²) in [6, 6.07) is 16.1. The lowest BCUT2D eigenvalue weighted by atomic mass is 10.1. The molecule has 0 aliphatic carbocycles. The van der Waals surface area contributed by atoms with Gasteiger partial charge in [-0.2, -0.15) is 0 Å². The van der Waals surface area contributed by atoms with Crippen molar-refractivity contribution in [2.75, 3.05) is 31.4 Å². The molecule has 0 spiro atoms. The summed E-state index contributed by atoms with van der Waals surface area (Å²) < 4.78 is 11.1. The summed E-state index contributed by atoms with van der Waals surface area (Å²) in [5.41, 5.74) is 2.88. The minimum Gasteiger partial charge on any atom is -0.495 e. The smallest absolute Gasteiger partial charge is 0.335 e. The van der Waals surface area contributed by atoms with Crippen LogP contribution in [0.2, 0.25) is 5.02 Å². The van der Waals surface area contributed by atoms with Crippen LogP contribution >= 0.6 is 11.6 Å². The maximum absolute atomic E-state index is 12.9. The first kappa shape index (κ1) is 28.3. The number of aromatic carboxylic acids is 1. The molecule has 3 N–H and O–H groups in total. The fraction of sp³-hybridized carbons (Fsp3) is 0.250. The number of anilines is 2. The van der Waals surface area contributed by atoms with E-state index in [2.05, 4.69) is 10.6 Å². The van der Waals surface area contributed by atoms with E-state index in [0.717, 1.165) is 5.56 Å². The average molecular weight is 540 g/mol. The number of carbonyl (C=O) groups excluding carboxylic acids is 2. The van der Waals surface area contributed by atoms with Crippen molar-refractivity contribution in [2.45, 2.75) is 26.3 Å². The highest BCUT2D eigenvalue weighted by Gasteiger charge is 2.19. The van der Waals surface area contributed by atoms with E-state index in [1.54, 1.807) is 30.1 Å². The van der Waals surface area contributed by atoms with Gasteiger partial charge >= 0.3 is 12.0 Å². The number of hydrogen-bond acceptors (Lipinski definition) is 5. The monoisotopic (exact) mass is 539 g/mol. The second-order valence-electron chi connectivity index (χ2n) is 8.72. The first-order valence-electron chi connectivity index (χ1n) is 11.8. The number of amides is 3. The molecule has 0 heterocycles. The Balaban J connectivity index is 1.58. The molecule has 0 fully saturated rings. The van der Waals surface area contributed by atoms with E-state index in [-0.39, 0.29) is 35.6 Å². The van der Waals surface area contributed by atoms with Gasteiger partial charge in [0.15, 0.2) is 0 Å². The van der Waals surface area contributed by atoms with Gasteiger partial charge in [0.05, 0.1) is 35.8 Å². The Morgan fingerprint density at radius 2 is 1.71 bits per heavy atom. The third kappa shape index (κ3) is 7.39. The van der Waals surface area contributed by atoms with Crippen LogP contribution in [0.15, 0.2) is 60.7 Å². The van der Waals surface area contributed by atoms with Gasteiger partial charge in [-0.1, -0.05) is 35.9 Å². The largest absolute Gasteiger partial charge is 0.495 e. The average Bonchev–Trinajstić information content (AvgIpc) is 2.89. The summed E-state index contributed by atoms with van der Waals surface area (Å²) in [6.07, 6.45) is 0.112. The lowest BCUT2D eigenvalue weighted by Crippen LogP contribution is -2.39. The van der Waals surface area contributed by atoms with Crippen molar-refractivity contribution in [3.05, 3.63) is 82.4 Å². The highest BCUT2D eigenvalue weighted by atomic mass is 35.5. The van der Waals surface area contributed by atoms with Crippen LogP contribution in [-0.2, 0) is 11.2 Å². The van der Waals surface area contributed by atoms with Crippen molar-refractivity contribution in [3.63, 3.8) is 0 Å². The number of carbonyl (C=O) groups is 3. The zero-order valence-corrected chi connectivity index (χ0v) is 22.3. The van der Waals surface area contributed by atoms with Crippen LogP contribution in [-0.4, -0.2) is 54.7 Å². The summed E-state index contributed by atoms with van der Waals surface area (Å²) in [7, 11) is 3.17. The van der Waals surface area contributed by atoms with Gasteiger partial charge in [-0.15, -0.1) is 0 Å². The minimum atomic E-state index is -1.08. The topological polar surface area (TPSA) is 117 Å². The first-order valence-corrected chi connectivity index (χ1v) is 12.2. The second-order valence-corrected chi connectivity index (χ2v) is 9.13. The number of methoxy groups -OCH3 is 1. The number of rotatable bonds is 10. The van der Waals surface area contributed by atoms with Gasteiger partial charge in [-0.25, -0.2) is 9.59 Å². The Bertz CT molecular complexity index is 1330. The van der Waals surface area contributed by atoms with E-state index in [0.29, 0.717) is 28.4 Å². The third-order valence-corrected chi connectivity index (χ3v) is 6.27. The fourth-order valence-electron chi connectivity index (χ4n) is 3.56. The van der Waals surface area contributed by atoms with Gasteiger partial charge in [0.1, 0.15) is 18.1 Å². The number of likely N-dealkylation sites (N-methyl/N-ethyl adjacent to an activating group) is 1. The molecule has 200 valence electrons. The number of nitrogens with one attached hydrogen (secondary N) is 2. The SMILES string of the molecule is COc1cc(CC(=O)N(C)C(C)COc2ccc(C(=O)O)cc2Cl)ccc1NC(=O)Nc1ccccc1C. The van der Waals surface area contributed by atoms with E-state index in [1.807, 2.05) is 38.1 Å².